The van der Waals surface area contributed by atoms with Crippen molar-refractivity contribution < 1.29 is 4.79 Å². The third kappa shape index (κ3) is 2.77. The second-order valence-corrected chi connectivity index (χ2v) is 6.95. The lowest BCUT2D eigenvalue weighted by Gasteiger charge is -2.11. The molecular weight excluding hydrogens is 348 g/mol. The van der Waals surface area contributed by atoms with E-state index in [9.17, 15) is 4.79 Å². The number of aryl methyl sites for hydroxylation is 1. The molecule has 0 aliphatic carbocycles. The molecule has 0 saturated carbocycles. The Balaban J connectivity index is 1.46. The van der Waals surface area contributed by atoms with E-state index in [0.29, 0.717) is 12.1 Å². The molecule has 1 aliphatic rings. The summed E-state index contributed by atoms with van der Waals surface area (Å²) in [6.45, 7) is 2.60. The summed E-state index contributed by atoms with van der Waals surface area (Å²) in [5.74, 6) is -0.127. The lowest BCUT2D eigenvalue weighted by molar-refractivity contribution is 0.102. The van der Waals surface area contributed by atoms with Crippen LogP contribution in [0, 0.1) is 6.92 Å². The van der Waals surface area contributed by atoms with Gasteiger partial charge in [0.2, 0.25) is 0 Å². The number of benzene rings is 2. The van der Waals surface area contributed by atoms with E-state index in [1.165, 1.54) is 5.56 Å². The maximum Gasteiger partial charge on any atom is 0.256 e. The Kier molecular flexibility index (Phi) is 3.79. The number of aromatic nitrogens is 2. The van der Waals surface area contributed by atoms with Gasteiger partial charge < -0.3 is 9.72 Å². The highest BCUT2D eigenvalue weighted by atomic mass is 16.1. The van der Waals surface area contributed by atoms with E-state index in [1.807, 2.05) is 60.0 Å². The number of pyridine rings is 1. The van der Waals surface area contributed by atoms with E-state index in [-0.39, 0.29) is 5.91 Å². The number of carbonyl (C=O) groups is 1. The molecule has 5 nitrogen and oxygen atoms in total. The average Bonchev–Trinajstić information content (AvgIpc) is 3.34. The minimum Gasteiger partial charge on any atom is -0.322 e. The molecule has 0 fully saturated rings. The number of fused-ring (bicyclic) bond motifs is 2. The average molecular weight is 366 g/mol. The fourth-order valence-electron chi connectivity index (χ4n) is 3.62. The number of carbonyl (C=O) groups excluding carboxylic acids is 1. The summed E-state index contributed by atoms with van der Waals surface area (Å²) in [6, 6.07) is 18.0. The summed E-state index contributed by atoms with van der Waals surface area (Å²) < 4.78 is 1.91. The van der Waals surface area contributed by atoms with Crippen LogP contribution in [-0.2, 0) is 6.54 Å². The van der Waals surface area contributed by atoms with Gasteiger partial charge in [-0.1, -0.05) is 36.4 Å². The van der Waals surface area contributed by atoms with E-state index in [0.717, 1.165) is 33.6 Å². The summed E-state index contributed by atoms with van der Waals surface area (Å²) in [7, 11) is 0. The predicted molar refractivity (Wildman–Crippen MR) is 110 cm³/mol. The molecule has 1 amide bonds. The van der Waals surface area contributed by atoms with Crippen molar-refractivity contribution in [2.75, 3.05) is 5.32 Å². The summed E-state index contributed by atoms with van der Waals surface area (Å²) in [4.78, 5) is 21.7. The highest BCUT2D eigenvalue weighted by Gasteiger charge is 2.19. The number of imidazole rings is 1. The number of aliphatic imine (C=N–C) groups is 1. The predicted octanol–water partition coefficient (Wildman–Crippen LogP) is 4.25. The largest absolute Gasteiger partial charge is 0.322 e. The minimum atomic E-state index is -0.127. The highest BCUT2D eigenvalue weighted by Crippen LogP contribution is 2.26. The molecule has 2 aromatic heterocycles. The molecule has 0 bridgehead atoms. The van der Waals surface area contributed by atoms with E-state index in [4.69, 9.17) is 0 Å². The van der Waals surface area contributed by atoms with Crippen LogP contribution in [0.2, 0.25) is 0 Å². The van der Waals surface area contributed by atoms with Crippen LogP contribution in [0.25, 0.3) is 5.52 Å². The Bertz CT molecular complexity index is 1240. The smallest absolute Gasteiger partial charge is 0.256 e. The van der Waals surface area contributed by atoms with Gasteiger partial charge in [0, 0.05) is 28.6 Å². The number of hydrogen-bond donors (Lipinski definition) is 1. The zero-order chi connectivity index (χ0) is 19.1. The van der Waals surface area contributed by atoms with E-state index < -0.39 is 0 Å². The second-order valence-electron chi connectivity index (χ2n) is 6.95. The molecule has 0 radical (unpaired) electrons. The lowest BCUT2D eigenvalue weighted by Crippen LogP contribution is -2.14. The topological polar surface area (TPSA) is 58.8 Å². The van der Waals surface area contributed by atoms with Crippen LogP contribution in [0.5, 0.6) is 0 Å². The summed E-state index contributed by atoms with van der Waals surface area (Å²) in [6.07, 6.45) is 5.39. The van der Waals surface area contributed by atoms with Crippen LogP contribution in [-0.4, -0.2) is 21.0 Å². The number of rotatable bonds is 3. The SMILES string of the molecule is Cc1cn2cncc2cc1C(=O)Nc1ccc2c(c1)C(c1ccccc1)=NC2. The van der Waals surface area contributed by atoms with Crippen molar-refractivity contribution in [1.82, 2.24) is 9.38 Å². The van der Waals surface area contributed by atoms with Gasteiger partial charge in [-0.15, -0.1) is 0 Å². The van der Waals surface area contributed by atoms with Gasteiger partial charge in [-0.2, -0.15) is 0 Å². The number of amides is 1. The third-order valence-corrected chi connectivity index (χ3v) is 5.07. The molecule has 0 unspecified atom stereocenters. The first-order valence-electron chi connectivity index (χ1n) is 9.16. The molecule has 0 saturated heterocycles. The fourth-order valence-corrected chi connectivity index (χ4v) is 3.62. The molecule has 2 aromatic carbocycles. The summed E-state index contributed by atoms with van der Waals surface area (Å²) in [5.41, 5.74) is 7.52. The standard InChI is InChI=1S/C23H18N4O/c1-15-13-27-14-24-12-19(27)10-20(15)23(28)26-18-8-7-17-11-25-22(21(17)9-18)16-5-3-2-4-6-16/h2-10,12-14H,11H2,1H3,(H,26,28). The first kappa shape index (κ1) is 16.4. The normalized spacial score (nSPS) is 12.7. The molecule has 0 atom stereocenters. The fraction of sp³-hybridized carbons (Fsp3) is 0.0870. The van der Waals surface area contributed by atoms with Crippen LogP contribution < -0.4 is 5.32 Å². The monoisotopic (exact) mass is 366 g/mol. The molecule has 4 aromatic rings. The van der Waals surface area contributed by atoms with Gasteiger partial charge in [0.15, 0.2) is 0 Å². The van der Waals surface area contributed by atoms with E-state index >= 15 is 0 Å². The molecule has 3 heterocycles. The van der Waals surface area contributed by atoms with Crippen LogP contribution >= 0.6 is 0 Å². The Morgan fingerprint density at radius 1 is 1.11 bits per heavy atom. The lowest BCUT2D eigenvalue weighted by atomic mass is 9.99. The third-order valence-electron chi connectivity index (χ3n) is 5.07. The van der Waals surface area contributed by atoms with Gasteiger partial charge in [0.1, 0.15) is 0 Å². The minimum absolute atomic E-state index is 0.127. The van der Waals surface area contributed by atoms with Gasteiger partial charge in [0.25, 0.3) is 5.91 Å². The van der Waals surface area contributed by atoms with Gasteiger partial charge in [-0.3, -0.25) is 9.79 Å². The molecule has 1 aliphatic heterocycles. The van der Waals surface area contributed by atoms with Crippen molar-refractivity contribution in [3.63, 3.8) is 0 Å². The molecule has 1 N–H and O–H groups in total. The number of nitrogens with zero attached hydrogens (tertiary/aromatic N) is 3. The van der Waals surface area contributed by atoms with E-state index in [1.54, 1.807) is 12.5 Å². The Labute approximate surface area is 162 Å². The summed E-state index contributed by atoms with van der Waals surface area (Å²) >= 11 is 0. The van der Waals surface area contributed by atoms with Crippen LogP contribution in [0.15, 0.2) is 78.3 Å². The van der Waals surface area contributed by atoms with Crippen molar-refractivity contribution >= 4 is 22.8 Å². The zero-order valence-corrected chi connectivity index (χ0v) is 15.4. The van der Waals surface area contributed by atoms with Gasteiger partial charge in [0.05, 0.1) is 30.3 Å². The van der Waals surface area contributed by atoms with Crippen molar-refractivity contribution in [3.8, 4) is 0 Å². The summed E-state index contributed by atoms with van der Waals surface area (Å²) in [5, 5.41) is 3.03. The molecule has 5 rings (SSSR count). The van der Waals surface area contributed by atoms with Gasteiger partial charge in [-0.25, -0.2) is 4.98 Å². The second kappa shape index (κ2) is 6.46. The molecule has 136 valence electrons. The molecule has 28 heavy (non-hydrogen) atoms. The Hall–Kier alpha value is -3.73. The van der Waals surface area contributed by atoms with Gasteiger partial charge in [-0.05, 0) is 36.2 Å². The van der Waals surface area contributed by atoms with Crippen LogP contribution in [0.3, 0.4) is 0 Å². The quantitative estimate of drug-likeness (QED) is 0.589. The van der Waals surface area contributed by atoms with Crippen molar-refractivity contribution in [1.29, 1.82) is 0 Å². The van der Waals surface area contributed by atoms with Crippen LogP contribution in [0.1, 0.15) is 32.6 Å². The Morgan fingerprint density at radius 3 is 2.82 bits per heavy atom. The number of anilines is 1. The maximum absolute atomic E-state index is 12.9. The van der Waals surface area contributed by atoms with Gasteiger partial charge >= 0.3 is 0 Å². The number of nitrogens with one attached hydrogen (secondary N) is 1. The number of hydrogen-bond acceptors (Lipinski definition) is 3. The zero-order valence-electron chi connectivity index (χ0n) is 15.4. The maximum atomic E-state index is 12.9. The molecule has 0 spiro atoms. The van der Waals surface area contributed by atoms with Crippen molar-refractivity contribution in [3.05, 3.63) is 101 Å². The molecular formula is C23H18N4O. The Morgan fingerprint density at radius 2 is 1.96 bits per heavy atom. The van der Waals surface area contributed by atoms with E-state index in [2.05, 4.69) is 27.4 Å². The first-order chi connectivity index (χ1) is 13.7. The first-order valence-corrected chi connectivity index (χ1v) is 9.16. The van der Waals surface area contributed by atoms with Crippen molar-refractivity contribution in [2.45, 2.75) is 13.5 Å². The molecule has 5 heteroatoms. The highest BCUT2D eigenvalue weighted by molar-refractivity contribution is 6.16. The van der Waals surface area contributed by atoms with Crippen molar-refractivity contribution in [2.24, 2.45) is 4.99 Å². The van der Waals surface area contributed by atoms with Crippen LogP contribution in [0.4, 0.5) is 5.69 Å².